The summed E-state index contributed by atoms with van der Waals surface area (Å²) in [6, 6.07) is 9.53. The number of hydrogen-bond acceptors (Lipinski definition) is 4. The monoisotopic (exact) mass is 298 g/mol. The number of aromatic nitrogens is 1. The predicted octanol–water partition coefficient (Wildman–Crippen LogP) is 1.98. The molecular weight excluding hydrogens is 284 g/mol. The van der Waals surface area contributed by atoms with Crippen LogP contribution in [0.4, 0.5) is 0 Å². The van der Waals surface area contributed by atoms with Crippen LogP contribution in [0, 0.1) is 5.21 Å². The normalized spacial score (nSPS) is 15.5. The molecule has 0 unspecified atom stereocenters. The molecule has 0 amide bonds. The van der Waals surface area contributed by atoms with Crippen molar-refractivity contribution in [3.63, 3.8) is 0 Å². The van der Waals surface area contributed by atoms with Crippen LogP contribution in [0.2, 0.25) is 0 Å². The Balaban J connectivity index is 2.25. The first-order valence-corrected chi connectivity index (χ1v) is 6.72. The van der Waals surface area contributed by atoms with Gasteiger partial charge in [0.05, 0.1) is 5.56 Å². The Morgan fingerprint density at radius 2 is 2.09 bits per heavy atom. The fourth-order valence-corrected chi connectivity index (χ4v) is 2.37. The van der Waals surface area contributed by atoms with Crippen molar-refractivity contribution in [2.75, 3.05) is 0 Å². The lowest BCUT2D eigenvalue weighted by Gasteiger charge is -2.29. The van der Waals surface area contributed by atoms with E-state index in [0.717, 1.165) is 0 Å². The highest BCUT2D eigenvalue weighted by molar-refractivity contribution is 6.14. The summed E-state index contributed by atoms with van der Waals surface area (Å²) in [5.74, 6) is -0.543. The molecule has 1 aromatic heterocycles. The van der Waals surface area contributed by atoms with Gasteiger partial charge in [0.25, 0.3) is 0 Å². The molecule has 6 nitrogen and oxygen atoms in total. The molecule has 1 N–H and O–H groups in total. The van der Waals surface area contributed by atoms with Gasteiger partial charge < -0.3 is 15.1 Å². The third-order valence-corrected chi connectivity index (χ3v) is 3.29. The maximum absolute atomic E-state index is 12.0. The van der Waals surface area contributed by atoms with Crippen molar-refractivity contribution in [1.82, 2.24) is 0 Å². The zero-order valence-electron chi connectivity index (χ0n) is 12.1. The number of carboxylic acids is 1. The SMILES string of the molecule is CC1(C)N=C(c2cccc[n+]2[O-])c2cc(C(=O)O)ccc2O1. The Labute approximate surface area is 126 Å². The lowest BCUT2D eigenvalue weighted by atomic mass is 10.00. The minimum absolute atomic E-state index is 0.114. The van der Waals surface area contributed by atoms with Gasteiger partial charge in [-0.15, -0.1) is 0 Å². The molecule has 22 heavy (non-hydrogen) atoms. The quantitative estimate of drug-likeness (QED) is 0.678. The largest absolute Gasteiger partial charge is 0.618 e. The number of aliphatic imine (C=N–C) groups is 1. The average Bonchev–Trinajstić information content (AvgIpc) is 2.45. The van der Waals surface area contributed by atoms with E-state index in [4.69, 9.17) is 9.84 Å². The molecule has 6 heteroatoms. The van der Waals surface area contributed by atoms with Crippen molar-refractivity contribution in [3.05, 3.63) is 64.6 Å². The second kappa shape index (κ2) is 4.84. The summed E-state index contributed by atoms with van der Waals surface area (Å²) < 4.78 is 6.46. The summed E-state index contributed by atoms with van der Waals surface area (Å²) in [6.45, 7) is 3.55. The van der Waals surface area contributed by atoms with E-state index in [1.54, 1.807) is 38.1 Å². The van der Waals surface area contributed by atoms with Crippen molar-refractivity contribution in [1.29, 1.82) is 0 Å². The van der Waals surface area contributed by atoms with Gasteiger partial charge in [0.15, 0.2) is 11.9 Å². The van der Waals surface area contributed by atoms with Crippen LogP contribution in [-0.2, 0) is 0 Å². The topological polar surface area (TPSA) is 85.8 Å². The number of aromatic carboxylic acids is 1. The fraction of sp³-hybridized carbons (Fsp3) is 0.188. The van der Waals surface area contributed by atoms with Crippen LogP contribution >= 0.6 is 0 Å². The number of pyridine rings is 1. The molecule has 1 aliphatic heterocycles. The average molecular weight is 298 g/mol. The Bertz CT molecular complexity index is 796. The van der Waals surface area contributed by atoms with Gasteiger partial charge in [-0.25, -0.2) is 9.79 Å². The molecule has 0 spiro atoms. The fourth-order valence-electron chi connectivity index (χ4n) is 2.37. The highest BCUT2D eigenvalue weighted by Crippen LogP contribution is 2.32. The van der Waals surface area contributed by atoms with E-state index in [1.165, 1.54) is 18.3 Å². The molecule has 0 atom stereocenters. The number of benzene rings is 1. The summed E-state index contributed by atoms with van der Waals surface area (Å²) >= 11 is 0. The van der Waals surface area contributed by atoms with Crippen LogP contribution < -0.4 is 9.47 Å². The molecular formula is C16H14N2O4. The van der Waals surface area contributed by atoms with Crippen LogP contribution in [0.1, 0.15) is 35.5 Å². The Morgan fingerprint density at radius 1 is 1.32 bits per heavy atom. The number of fused-ring (bicyclic) bond motifs is 1. The zero-order chi connectivity index (χ0) is 15.9. The number of hydrogen-bond donors (Lipinski definition) is 1. The van der Waals surface area contributed by atoms with E-state index in [0.29, 0.717) is 27.4 Å². The summed E-state index contributed by atoms with van der Waals surface area (Å²) in [5, 5.41) is 21.2. The summed E-state index contributed by atoms with van der Waals surface area (Å²) in [4.78, 5) is 15.6. The molecule has 2 heterocycles. The van der Waals surface area contributed by atoms with Gasteiger partial charge >= 0.3 is 5.97 Å². The molecule has 112 valence electrons. The summed E-state index contributed by atoms with van der Waals surface area (Å²) in [6.07, 6.45) is 1.38. The molecule has 0 saturated heterocycles. The molecule has 0 radical (unpaired) electrons. The number of carbonyl (C=O) groups is 1. The number of carboxylic acid groups (broad SMARTS) is 1. The minimum atomic E-state index is -1.05. The van der Waals surface area contributed by atoms with Crippen LogP contribution in [0.5, 0.6) is 5.75 Å². The summed E-state index contributed by atoms with van der Waals surface area (Å²) in [5.41, 5.74) is 0.543. The van der Waals surface area contributed by atoms with Crippen molar-refractivity contribution < 1.29 is 19.4 Å². The third kappa shape index (κ3) is 2.39. The number of nitrogens with zero attached hydrogens (tertiary/aromatic N) is 2. The maximum Gasteiger partial charge on any atom is 0.335 e. The van der Waals surface area contributed by atoms with Gasteiger partial charge in [-0.3, -0.25) is 0 Å². The van der Waals surface area contributed by atoms with Gasteiger partial charge in [0.1, 0.15) is 11.5 Å². The van der Waals surface area contributed by atoms with Crippen molar-refractivity contribution in [3.8, 4) is 5.75 Å². The third-order valence-electron chi connectivity index (χ3n) is 3.29. The molecule has 2 aromatic rings. The Morgan fingerprint density at radius 3 is 2.77 bits per heavy atom. The maximum atomic E-state index is 12.0. The first-order valence-electron chi connectivity index (χ1n) is 6.72. The smallest absolute Gasteiger partial charge is 0.335 e. The Hall–Kier alpha value is -2.89. The van der Waals surface area contributed by atoms with Crippen molar-refractivity contribution in [2.24, 2.45) is 4.99 Å². The lowest BCUT2D eigenvalue weighted by molar-refractivity contribution is -0.606. The molecule has 0 fully saturated rings. The molecule has 0 bridgehead atoms. The lowest BCUT2D eigenvalue weighted by Crippen LogP contribution is -2.39. The number of ether oxygens (including phenoxy) is 1. The van der Waals surface area contributed by atoms with Gasteiger partial charge in [-0.1, -0.05) is 0 Å². The van der Waals surface area contributed by atoms with Gasteiger partial charge in [0, 0.05) is 17.7 Å². The van der Waals surface area contributed by atoms with Crippen LogP contribution in [-0.4, -0.2) is 22.5 Å². The van der Waals surface area contributed by atoms with Crippen LogP contribution in [0.15, 0.2) is 47.6 Å². The van der Waals surface area contributed by atoms with E-state index in [2.05, 4.69) is 4.99 Å². The van der Waals surface area contributed by atoms with Crippen molar-refractivity contribution >= 4 is 11.7 Å². The van der Waals surface area contributed by atoms with Crippen molar-refractivity contribution in [2.45, 2.75) is 19.6 Å². The molecule has 0 aliphatic carbocycles. The first-order chi connectivity index (χ1) is 10.4. The van der Waals surface area contributed by atoms with E-state index in [-0.39, 0.29) is 5.56 Å². The Kier molecular flexibility index (Phi) is 3.09. The second-order valence-electron chi connectivity index (χ2n) is 5.44. The van der Waals surface area contributed by atoms with E-state index in [1.807, 2.05) is 0 Å². The molecule has 1 aliphatic rings. The second-order valence-corrected chi connectivity index (χ2v) is 5.44. The standard InChI is InChI=1S/C16H14N2O4/c1-16(2)17-14(12-5-3-4-8-18(12)21)11-9-10(15(19)20)6-7-13(11)22-16/h3-9H,1-2H3,(H,19,20). The van der Waals surface area contributed by atoms with Gasteiger partial charge in [-0.05, 0) is 38.1 Å². The molecule has 3 rings (SSSR count). The van der Waals surface area contributed by atoms with E-state index in [9.17, 15) is 10.0 Å². The van der Waals surface area contributed by atoms with Crippen LogP contribution in [0.3, 0.4) is 0 Å². The molecule has 1 aromatic carbocycles. The number of rotatable bonds is 2. The minimum Gasteiger partial charge on any atom is -0.618 e. The van der Waals surface area contributed by atoms with Gasteiger partial charge in [-0.2, -0.15) is 4.73 Å². The summed E-state index contributed by atoms with van der Waals surface area (Å²) in [7, 11) is 0. The van der Waals surface area contributed by atoms with Gasteiger partial charge in [0.2, 0.25) is 5.69 Å². The zero-order valence-corrected chi connectivity index (χ0v) is 12.1. The van der Waals surface area contributed by atoms with E-state index >= 15 is 0 Å². The first kappa shape index (κ1) is 14.1. The highest BCUT2D eigenvalue weighted by Gasteiger charge is 2.32. The highest BCUT2D eigenvalue weighted by atomic mass is 16.5. The predicted molar refractivity (Wildman–Crippen MR) is 79.1 cm³/mol. The van der Waals surface area contributed by atoms with Crippen LogP contribution in [0.25, 0.3) is 0 Å². The molecule has 0 saturated carbocycles. The van der Waals surface area contributed by atoms with E-state index < -0.39 is 11.7 Å².